The molecule has 4 rings (SSSR count). The topological polar surface area (TPSA) is 0 Å². The molecule has 0 saturated carbocycles. The fourth-order valence-electron chi connectivity index (χ4n) is 2.88. The maximum atomic E-state index is 5.22. The minimum absolute atomic E-state index is 0. The van der Waals surface area contributed by atoms with Crippen molar-refractivity contribution in [1.82, 2.24) is 0 Å². The molecule has 0 aliphatic rings. The maximum absolute atomic E-state index is 5.22. The van der Waals surface area contributed by atoms with Crippen LogP contribution < -0.4 is 15.9 Å². The van der Waals surface area contributed by atoms with Gasteiger partial charge in [-0.25, -0.2) is 6.08 Å². The Bertz CT molecular complexity index is 829. The van der Waals surface area contributed by atoms with Crippen molar-refractivity contribution < 1.29 is 22.4 Å². The molecule has 0 bridgehead atoms. The van der Waals surface area contributed by atoms with Gasteiger partial charge >= 0.3 is 22.4 Å². The van der Waals surface area contributed by atoms with Crippen molar-refractivity contribution in [3.8, 4) is 0 Å². The molecular formula is C26H23AuP+. The average molecular weight is 563 g/mol. The van der Waals surface area contributed by atoms with Crippen LogP contribution in [0.25, 0.3) is 6.08 Å². The second-order valence-electron chi connectivity index (χ2n) is 6.05. The van der Waals surface area contributed by atoms with Gasteiger partial charge in [-0.05, 0) is 36.4 Å². The van der Waals surface area contributed by atoms with E-state index in [0.717, 1.165) is 5.56 Å². The van der Waals surface area contributed by atoms with Crippen LogP contribution in [0.2, 0.25) is 0 Å². The van der Waals surface area contributed by atoms with Crippen molar-refractivity contribution in [3.05, 3.63) is 133 Å². The van der Waals surface area contributed by atoms with Crippen molar-refractivity contribution in [2.75, 3.05) is 0 Å². The first kappa shape index (κ1) is 22.1. The summed E-state index contributed by atoms with van der Waals surface area (Å²) in [6.07, 6.45) is 1.58. The summed E-state index contributed by atoms with van der Waals surface area (Å²) >= 11 is 0. The Morgan fingerprint density at radius 2 is 0.750 bits per heavy atom. The molecule has 0 aliphatic carbocycles. The van der Waals surface area contributed by atoms with Gasteiger partial charge in [-0.1, -0.05) is 72.8 Å². The van der Waals surface area contributed by atoms with Crippen molar-refractivity contribution in [2.24, 2.45) is 0 Å². The molecular weight excluding hydrogens is 540 g/mol. The van der Waals surface area contributed by atoms with Crippen LogP contribution in [-0.2, 0) is 22.4 Å². The fraction of sp³-hybridized carbons (Fsp3) is 0. The first-order valence-corrected chi connectivity index (χ1v) is 10.5. The van der Waals surface area contributed by atoms with E-state index in [1.54, 1.807) is 6.08 Å². The van der Waals surface area contributed by atoms with Crippen LogP contribution in [0.15, 0.2) is 121 Å². The zero-order valence-corrected chi connectivity index (χ0v) is 18.7. The summed E-state index contributed by atoms with van der Waals surface area (Å²) in [7, 11) is -0.877. The Morgan fingerprint density at radius 1 is 0.464 bits per heavy atom. The predicted molar refractivity (Wildman–Crippen MR) is 122 cm³/mol. The molecule has 28 heavy (non-hydrogen) atoms. The van der Waals surface area contributed by atoms with Crippen LogP contribution in [0.3, 0.4) is 0 Å². The third-order valence-electron chi connectivity index (χ3n) is 4.18. The Kier molecular flexibility index (Phi) is 9.69. The van der Waals surface area contributed by atoms with Gasteiger partial charge in [0.05, 0.1) is 7.92 Å². The second kappa shape index (κ2) is 12.3. The molecule has 0 saturated heterocycles. The smallest absolute Gasteiger partial charge is 0.292 e. The van der Waals surface area contributed by atoms with E-state index in [4.69, 9.17) is 6.58 Å². The Morgan fingerprint density at radius 3 is 1.00 bits per heavy atom. The van der Waals surface area contributed by atoms with Gasteiger partial charge in [-0.3, -0.25) is 6.58 Å². The van der Waals surface area contributed by atoms with Crippen molar-refractivity contribution in [1.29, 1.82) is 0 Å². The van der Waals surface area contributed by atoms with E-state index in [0.29, 0.717) is 0 Å². The largest absolute Gasteiger partial charge is 1.00 e. The summed E-state index contributed by atoms with van der Waals surface area (Å²) in [4.78, 5) is 0. The van der Waals surface area contributed by atoms with Gasteiger partial charge in [-0.2, -0.15) is 5.56 Å². The van der Waals surface area contributed by atoms with Gasteiger partial charge in [0.1, 0.15) is 15.9 Å². The van der Waals surface area contributed by atoms with E-state index in [9.17, 15) is 0 Å². The van der Waals surface area contributed by atoms with Crippen molar-refractivity contribution in [2.45, 2.75) is 0 Å². The molecule has 0 atom stereocenters. The summed E-state index contributed by atoms with van der Waals surface area (Å²) in [6, 6.07) is 42.3. The zero-order chi connectivity index (χ0) is 18.7. The number of hydrogen-bond donors (Lipinski definition) is 0. The predicted octanol–water partition coefficient (Wildman–Crippen LogP) is 5.31. The quantitative estimate of drug-likeness (QED) is 0.180. The molecule has 0 aliphatic heterocycles. The molecule has 0 fully saturated rings. The third-order valence-corrected chi connectivity index (χ3v) is 6.91. The summed E-state index contributed by atoms with van der Waals surface area (Å²) in [5, 5.41) is 4.31. The summed E-state index contributed by atoms with van der Waals surface area (Å²) < 4.78 is 0. The standard InChI is InChI=1S/C18H15P.C8H7.Au/c1-4-10-16(11-5-1)19(17-12-6-2-7-13-17)18-14-8-3-9-15-18;1-2-8-6-4-3-5-7-8;/h1-15H;1-7H;/q;-1;+1/p+1. The molecule has 0 spiro atoms. The van der Waals surface area contributed by atoms with E-state index >= 15 is 0 Å². The van der Waals surface area contributed by atoms with Crippen LogP contribution in [0.1, 0.15) is 5.56 Å². The van der Waals surface area contributed by atoms with E-state index in [1.165, 1.54) is 15.9 Å². The monoisotopic (exact) mass is 563 g/mol. The maximum Gasteiger partial charge on any atom is 1.00 e. The molecule has 4 aromatic rings. The van der Waals surface area contributed by atoms with Gasteiger partial charge in [-0.15, -0.1) is 12.1 Å². The van der Waals surface area contributed by atoms with E-state index < -0.39 is 7.92 Å². The van der Waals surface area contributed by atoms with Crippen molar-refractivity contribution in [3.63, 3.8) is 0 Å². The molecule has 0 nitrogen and oxygen atoms in total. The molecule has 0 aromatic heterocycles. The van der Waals surface area contributed by atoms with Gasteiger partial charge < -0.3 is 0 Å². The van der Waals surface area contributed by atoms with Crippen LogP contribution >= 0.6 is 7.92 Å². The summed E-state index contributed by atoms with van der Waals surface area (Å²) in [6.45, 7) is 5.22. The molecule has 0 N–H and O–H groups in total. The molecule has 4 aromatic carbocycles. The van der Waals surface area contributed by atoms with Gasteiger partial charge in [0.25, 0.3) is 0 Å². The molecule has 2 heteroatoms. The molecule has 142 valence electrons. The number of hydrogen-bond acceptors (Lipinski definition) is 0. The molecule has 0 amide bonds. The Hall–Kier alpha value is -2.21. The first-order chi connectivity index (χ1) is 13.4. The Labute approximate surface area is 185 Å². The van der Waals surface area contributed by atoms with E-state index in [-0.39, 0.29) is 22.4 Å². The third kappa shape index (κ3) is 6.44. The van der Waals surface area contributed by atoms with E-state index in [2.05, 4.69) is 91.0 Å². The number of benzene rings is 4. The molecule has 0 radical (unpaired) electrons. The zero-order valence-electron chi connectivity index (χ0n) is 15.5. The Balaban J connectivity index is 0.000000264. The van der Waals surface area contributed by atoms with Gasteiger partial charge in [0.2, 0.25) is 0 Å². The fourth-order valence-corrected chi connectivity index (χ4v) is 5.46. The molecule has 0 heterocycles. The molecule has 0 unspecified atom stereocenters. The SMILES string of the molecule is [Au+].[CH-]=Cc1ccccc1.c1ccc([PH+](c2ccccc2)c2ccccc2)cc1. The average Bonchev–Trinajstić information content (AvgIpc) is 2.77. The minimum Gasteiger partial charge on any atom is -0.292 e. The van der Waals surface area contributed by atoms with Crippen LogP contribution in [-0.4, -0.2) is 0 Å². The first-order valence-electron chi connectivity index (χ1n) is 9.01. The van der Waals surface area contributed by atoms with Crippen LogP contribution in [0, 0.1) is 6.58 Å². The normalized spacial score (nSPS) is 9.61. The van der Waals surface area contributed by atoms with Crippen LogP contribution in [0.5, 0.6) is 0 Å². The van der Waals surface area contributed by atoms with Gasteiger partial charge in [0.15, 0.2) is 0 Å². The summed E-state index contributed by atoms with van der Waals surface area (Å²) in [5.74, 6) is 0. The second-order valence-corrected chi connectivity index (χ2v) is 8.53. The summed E-state index contributed by atoms with van der Waals surface area (Å²) in [5.41, 5.74) is 1.06. The van der Waals surface area contributed by atoms with Crippen LogP contribution in [0.4, 0.5) is 0 Å². The number of rotatable bonds is 4. The van der Waals surface area contributed by atoms with E-state index in [1.807, 2.05) is 30.3 Å². The van der Waals surface area contributed by atoms with Gasteiger partial charge in [0, 0.05) is 0 Å². The minimum atomic E-state index is -0.877. The van der Waals surface area contributed by atoms with Crippen molar-refractivity contribution >= 4 is 29.9 Å².